The Hall–Kier alpha value is -2.70. The Bertz CT molecular complexity index is 1050. The molecule has 2 aliphatic rings. The minimum Gasteiger partial charge on any atom is -0.376 e. The Balaban J connectivity index is 1.59. The molecule has 2 aromatic heterocycles. The molecule has 3 aromatic rings. The third-order valence-electron chi connectivity index (χ3n) is 6.17. The van der Waals surface area contributed by atoms with E-state index in [0.717, 1.165) is 42.5 Å². The maximum Gasteiger partial charge on any atom is 0.174 e. The highest BCUT2D eigenvalue weighted by molar-refractivity contribution is 7.80. The van der Waals surface area contributed by atoms with Crippen LogP contribution >= 0.6 is 12.2 Å². The number of anilines is 1. The summed E-state index contributed by atoms with van der Waals surface area (Å²) in [4.78, 5) is 6.93. The van der Waals surface area contributed by atoms with Gasteiger partial charge in [-0.1, -0.05) is 12.1 Å². The zero-order valence-corrected chi connectivity index (χ0v) is 18.8. The van der Waals surface area contributed by atoms with Gasteiger partial charge in [-0.25, -0.2) is 0 Å². The normalized spacial score (nSPS) is 23.4. The first-order valence-corrected chi connectivity index (χ1v) is 11.4. The highest BCUT2D eigenvalue weighted by Gasteiger charge is 2.42. The molecular weight excluding hydrogens is 404 g/mol. The highest BCUT2D eigenvalue weighted by atomic mass is 32.1. The number of hydrogen-bond donors (Lipinski definition) is 1. The zero-order chi connectivity index (χ0) is 21.4. The first-order valence-electron chi connectivity index (χ1n) is 11.0. The van der Waals surface area contributed by atoms with Crippen molar-refractivity contribution in [1.82, 2.24) is 14.9 Å². The quantitative estimate of drug-likeness (QED) is 0.584. The molecule has 5 rings (SSSR count). The maximum atomic E-state index is 5.93. The molecule has 2 aliphatic heterocycles. The lowest BCUT2D eigenvalue weighted by Crippen LogP contribution is -2.31. The number of aryl methyl sites for hydroxylation is 2. The van der Waals surface area contributed by atoms with Crippen LogP contribution in [0.25, 0.3) is 0 Å². The van der Waals surface area contributed by atoms with Gasteiger partial charge in [0.25, 0.3) is 0 Å². The first kappa shape index (κ1) is 20.2. The third kappa shape index (κ3) is 3.98. The van der Waals surface area contributed by atoms with Crippen LogP contribution in [0.3, 0.4) is 0 Å². The minimum absolute atomic E-state index is 0.00000283. The van der Waals surface area contributed by atoms with Gasteiger partial charge < -0.3 is 19.5 Å². The van der Waals surface area contributed by atoms with Crippen LogP contribution in [0.5, 0.6) is 0 Å². The summed E-state index contributed by atoms with van der Waals surface area (Å²) in [5.74, 6) is 0. The van der Waals surface area contributed by atoms with Crippen LogP contribution < -0.4 is 10.2 Å². The van der Waals surface area contributed by atoms with Crippen molar-refractivity contribution in [2.75, 3.05) is 11.5 Å². The van der Waals surface area contributed by atoms with Crippen molar-refractivity contribution in [2.45, 2.75) is 51.4 Å². The summed E-state index contributed by atoms with van der Waals surface area (Å²) >= 11 is 5.88. The number of rotatable bonds is 5. The fourth-order valence-corrected chi connectivity index (χ4v) is 5.24. The van der Waals surface area contributed by atoms with Gasteiger partial charge >= 0.3 is 0 Å². The number of aromatic nitrogens is 2. The molecule has 0 amide bonds. The molecule has 31 heavy (non-hydrogen) atoms. The van der Waals surface area contributed by atoms with E-state index >= 15 is 0 Å². The first-order chi connectivity index (χ1) is 15.1. The molecule has 1 N–H and O–H groups in total. The molecule has 2 saturated heterocycles. The molecule has 160 valence electrons. The van der Waals surface area contributed by atoms with Gasteiger partial charge in [0.05, 0.1) is 17.8 Å². The van der Waals surface area contributed by atoms with Crippen molar-refractivity contribution in [3.8, 4) is 0 Å². The van der Waals surface area contributed by atoms with Crippen molar-refractivity contribution >= 4 is 23.0 Å². The van der Waals surface area contributed by atoms with E-state index in [4.69, 9.17) is 17.0 Å². The molecule has 0 spiro atoms. The topological polar surface area (TPSA) is 42.3 Å². The van der Waals surface area contributed by atoms with Gasteiger partial charge in [0, 0.05) is 36.9 Å². The van der Waals surface area contributed by atoms with E-state index in [-0.39, 0.29) is 18.2 Å². The molecule has 4 heterocycles. The van der Waals surface area contributed by atoms with Gasteiger partial charge in [-0.05, 0) is 86.4 Å². The molecule has 2 fully saturated rings. The molecule has 0 radical (unpaired) electrons. The predicted octanol–water partition coefficient (Wildman–Crippen LogP) is 4.86. The Morgan fingerprint density at radius 2 is 1.97 bits per heavy atom. The lowest BCUT2D eigenvalue weighted by atomic mass is 10.00. The monoisotopic (exact) mass is 432 g/mol. The lowest BCUT2D eigenvalue weighted by Gasteiger charge is -2.30. The molecule has 3 unspecified atom stereocenters. The molecule has 6 heteroatoms. The molecule has 0 bridgehead atoms. The Labute approximate surface area is 189 Å². The minimum atomic E-state index is -0.0346. The summed E-state index contributed by atoms with van der Waals surface area (Å²) in [5.41, 5.74) is 5.78. The fourth-order valence-electron chi connectivity index (χ4n) is 4.89. The third-order valence-corrected chi connectivity index (χ3v) is 6.49. The molecule has 3 atom stereocenters. The summed E-state index contributed by atoms with van der Waals surface area (Å²) in [7, 11) is 0. The van der Waals surface area contributed by atoms with Gasteiger partial charge in [-0.3, -0.25) is 4.98 Å². The summed E-state index contributed by atoms with van der Waals surface area (Å²) in [6.07, 6.45) is 6.54. The Morgan fingerprint density at radius 1 is 1.13 bits per heavy atom. The van der Waals surface area contributed by atoms with Crippen molar-refractivity contribution < 1.29 is 4.74 Å². The Morgan fingerprint density at radius 3 is 2.68 bits per heavy atom. The molecule has 0 saturated carbocycles. The fraction of sp³-hybridized carbons (Fsp3) is 0.360. The average Bonchev–Trinajstić information content (AvgIpc) is 3.48. The van der Waals surface area contributed by atoms with Crippen LogP contribution in [0.4, 0.5) is 5.69 Å². The number of pyridine rings is 1. The second-order valence-corrected chi connectivity index (χ2v) is 8.95. The molecule has 0 aliphatic carbocycles. The van der Waals surface area contributed by atoms with Crippen LogP contribution in [0.15, 0.2) is 60.9 Å². The number of benzene rings is 1. The van der Waals surface area contributed by atoms with E-state index in [1.54, 1.807) is 0 Å². The van der Waals surface area contributed by atoms with Crippen LogP contribution in [-0.4, -0.2) is 27.4 Å². The molecular formula is C25H28N4OS. The van der Waals surface area contributed by atoms with E-state index in [0.29, 0.717) is 0 Å². The average molecular weight is 433 g/mol. The van der Waals surface area contributed by atoms with E-state index in [1.165, 1.54) is 16.8 Å². The van der Waals surface area contributed by atoms with Crippen molar-refractivity contribution in [1.29, 1.82) is 0 Å². The second kappa shape index (κ2) is 8.44. The largest absolute Gasteiger partial charge is 0.376 e. The van der Waals surface area contributed by atoms with Crippen molar-refractivity contribution in [2.24, 2.45) is 0 Å². The number of ether oxygens (including phenoxy) is 1. The van der Waals surface area contributed by atoms with Gasteiger partial charge in [0.15, 0.2) is 5.11 Å². The standard InChI is InChI=1S/C25H28N4OS/c1-17-13-18(2)15-19(14-17)29-24(23(27-25(29)31)21-8-3-4-10-26-21)22-9-5-11-28(22)16-20-7-6-12-30-20/h3-5,8-11,13-15,20,23-24H,6-7,12,16H2,1-2H3,(H,27,31). The molecule has 1 aromatic carbocycles. The van der Waals surface area contributed by atoms with Crippen LogP contribution in [0.1, 0.15) is 47.4 Å². The number of nitrogens with one attached hydrogen (secondary N) is 1. The van der Waals surface area contributed by atoms with Gasteiger partial charge in [0.1, 0.15) is 6.04 Å². The summed E-state index contributed by atoms with van der Waals surface area (Å²) in [6.45, 7) is 5.99. The zero-order valence-electron chi connectivity index (χ0n) is 18.0. The number of hydrogen-bond acceptors (Lipinski definition) is 3. The smallest absolute Gasteiger partial charge is 0.174 e. The van der Waals surface area contributed by atoms with Crippen LogP contribution in [-0.2, 0) is 11.3 Å². The van der Waals surface area contributed by atoms with Gasteiger partial charge in [-0.15, -0.1) is 0 Å². The van der Waals surface area contributed by atoms with E-state index in [9.17, 15) is 0 Å². The second-order valence-electron chi connectivity index (χ2n) is 8.56. The SMILES string of the molecule is Cc1cc(C)cc(N2C(=S)NC(c3ccccn3)C2c2cccn2CC2CCCO2)c1. The summed E-state index contributed by atoms with van der Waals surface area (Å²) < 4.78 is 8.27. The lowest BCUT2D eigenvalue weighted by molar-refractivity contribution is 0.0961. The van der Waals surface area contributed by atoms with Crippen molar-refractivity contribution in [3.63, 3.8) is 0 Å². The summed E-state index contributed by atoms with van der Waals surface area (Å²) in [5, 5.41) is 4.30. The van der Waals surface area contributed by atoms with Gasteiger partial charge in [0.2, 0.25) is 0 Å². The Kier molecular flexibility index (Phi) is 5.50. The highest BCUT2D eigenvalue weighted by Crippen LogP contribution is 2.42. The van der Waals surface area contributed by atoms with E-state index in [2.05, 4.69) is 76.2 Å². The molecule has 5 nitrogen and oxygen atoms in total. The van der Waals surface area contributed by atoms with Gasteiger partial charge in [-0.2, -0.15) is 0 Å². The number of thiocarbonyl (C=S) groups is 1. The summed E-state index contributed by atoms with van der Waals surface area (Å²) in [6, 6.07) is 17.0. The van der Waals surface area contributed by atoms with Crippen molar-refractivity contribution in [3.05, 3.63) is 83.4 Å². The predicted molar refractivity (Wildman–Crippen MR) is 127 cm³/mol. The van der Waals surface area contributed by atoms with E-state index < -0.39 is 0 Å². The van der Waals surface area contributed by atoms with Crippen LogP contribution in [0, 0.1) is 13.8 Å². The number of nitrogens with zero attached hydrogens (tertiary/aromatic N) is 3. The van der Waals surface area contributed by atoms with E-state index in [1.807, 2.05) is 18.3 Å². The van der Waals surface area contributed by atoms with Crippen LogP contribution in [0.2, 0.25) is 0 Å². The maximum absolute atomic E-state index is 5.93.